The third-order valence-electron chi connectivity index (χ3n) is 5.99. The van der Waals surface area contributed by atoms with Crippen LogP contribution in [0.2, 0.25) is 5.02 Å². The third-order valence-corrected chi connectivity index (χ3v) is 7.17. The lowest BCUT2D eigenvalue weighted by Crippen LogP contribution is -2.45. The molecule has 2 heterocycles. The van der Waals surface area contributed by atoms with Crippen molar-refractivity contribution in [2.45, 2.75) is 26.0 Å². The first-order valence-corrected chi connectivity index (χ1v) is 13.3. The van der Waals surface area contributed by atoms with Crippen LogP contribution in [0.3, 0.4) is 0 Å². The Kier molecular flexibility index (Phi) is 9.01. The zero-order chi connectivity index (χ0) is 28.1. The molecule has 8 nitrogen and oxygen atoms in total. The number of aromatic amines is 1. The molecule has 0 radical (unpaired) electrons. The first-order valence-electron chi connectivity index (χ1n) is 12.1. The lowest BCUT2D eigenvalue weighted by atomic mass is 10.1. The van der Waals surface area contributed by atoms with E-state index in [1.807, 2.05) is 44.2 Å². The fourth-order valence-corrected chi connectivity index (χ4v) is 4.99. The quantitative estimate of drug-likeness (QED) is 0.238. The van der Waals surface area contributed by atoms with Gasteiger partial charge >= 0.3 is 0 Å². The predicted octanol–water partition coefficient (Wildman–Crippen LogP) is 6.17. The van der Waals surface area contributed by atoms with E-state index in [2.05, 4.69) is 15.3 Å². The summed E-state index contributed by atoms with van der Waals surface area (Å²) in [5.41, 5.74) is 1.89. The highest BCUT2D eigenvalue weighted by Gasteiger charge is 2.30. The van der Waals surface area contributed by atoms with E-state index in [-0.39, 0.29) is 23.5 Å². The van der Waals surface area contributed by atoms with Crippen LogP contribution in [-0.4, -0.2) is 53.5 Å². The number of anilines is 1. The molecule has 1 atom stereocenters. The normalized spacial score (nSPS) is 11.9. The molecule has 39 heavy (non-hydrogen) atoms. The monoisotopic (exact) mass is 570 g/mol. The van der Waals surface area contributed by atoms with Crippen LogP contribution >= 0.6 is 22.9 Å². The Morgan fingerprint density at radius 3 is 2.46 bits per heavy atom. The number of carbonyl (C=O) groups is 2. The molecular weight excluding hydrogens is 543 g/mol. The fourth-order valence-electron chi connectivity index (χ4n) is 4.05. The second-order valence-electron chi connectivity index (χ2n) is 8.90. The van der Waals surface area contributed by atoms with E-state index < -0.39 is 17.9 Å². The van der Waals surface area contributed by atoms with Crippen LogP contribution in [0, 0.1) is 5.13 Å². The maximum absolute atomic E-state index is 13.7. The Labute approximate surface area is 234 Å². The van der Waals surface area contributed by atoms with Gasteiger partial charge in [0.05, 0.1) is 22.7 Å². The van der Waals surface area contributed by atoms with E-state index in [0.29, 0.717) is 32.7 Å². The first-order chi connectivity index (χ1) is 18.7. The highest BCUT2D eigenvalue weighted by atomic mass is 35.5. The Morgan fingerprint density at radius 2 is 1.87 bits per heavy atom. The van der Waals surface area contributed by atoms with E-state index in [1.54, 1.807) is 24.3 Å². The van der Waals surface area contributed by atoms with E-state index in [1.165, 1.54) is 25.2 Å². The van der Waals surface area contributed by atoms with Gasteiger partial charge in [0.1, 0.15) is 12.3 Å². The van der Waals surface area contributed by atoms with Gasteiger partial charge in [-0.15, -0.1) is 11.3 Å². The number of nitrogens with zero attached hydrogens (tertiary/aromatic N) is 2. The number of nitrogens with one attached hydrogen (secondary N) is 2. The highest BCUT2D eigenvalue weighted by molar-refractivity contribution is 7.13. The van der Waals surface area contributed by atoms with Gasteiger partial charge in [0.25, 0.3) is 5.91 Å². The number of hydrogen-bond donors (Lipinski definition) is 2. The van der Waals surface area contributed by atoms with Crippen LogP contribution in [0.4, 0.5) is 10.2 Å². The van der Waals surface area contributed by atoms with Crippen molar-refractivity contribution < 1.29 is 23.5 Å². The van der Waals surface area contributed by atoms with Gasteiger partial charge in [-0.1, -0.05) is 48.0 Å². The predicted molar refractivity (Wildman–Crippen MR) is 151 cm³/mol. The number of H-pyrrole nitrogens is 1. The highest BCUT2D eigenvalue weighted by Crippen LogP contribution is 2.33. The van der Waals surface area contributed by atoms with Crippen LogP contribution in [0.15, 0.2) is 60.7 Å². The van der Waals surface area contributed by atoms with Crippen molar-refractivity contribution in [2.75, 3.05) is 26.1 Å². The minimum absolute atomic E-state index is 0.246. The molecule has 0 spiro atoms. The number of amides is 2. The second kappa shape index (κ2) is 12.4. The fraction of sp³-hybridized carbons (Fsp3) is 0.250. The molecule has 4 rings (SSSR count). The average molecular weight is 571 g/mol. The minimum atomic E-state index is -0.978. The van der Waals surface area contributed by atoms with Gasteiger partial charge in [0.2, 0.25) is 5.91 Å². The van der Waals surface area contributed by atoms with E-state index >= 15 is 0 Å². The van der Waals surface area contributed by atoms with Crippen LogP contribution in [0.1, 0.15) is 25.5 Å². The van der Waals surface area contributed by atoms with Crippen LogP contribution < -0.4 is 10.1 Å². The number of halogens is 2. The van der Waals surface area contributed by atoms with Gasteiger partial charge in [-0.3, -0.25) is 9.59 Å². The molecule has 4 aromatic rings. The van der Waals surface area contributed by atoms with Crippen molar-refractivity contribution in [1.29, 1.82) is 0 Å². The van der Waals surface area contributed by atoms with E-state index in [0.717, 1.165) is 16.9 Å². The van der Waals surface area contributed by atoms with Gasteiger partial charge in [0, 0.05) is 18.7 Å². The second-order valence-corrected chi connectivity index (χ2v) is 10.3. The molecule has 0 saturated heterocycles. The number of benzene rings is 2. The molecule has 0 bridgehead atoms. The molecular formula is C28H28ClFN4O4S. The molecule has 0 fully saturated rings. The largest absolute Gasteiger partial charge is 0.495 e. The molecule has 2 aromatic heterocycles. The van der Waals surface area contributed by atoms with Crippen molar-refractivity contribution in [3.63, 3.8) is 0 Å². The SMILES string of the molecule is COc1ccc(C(OC)C(=O)N(CC(=O)Nc2nc(-c3ccc(F)s3)[nH]c2-c2ccccc2)C(C)C)cc1Cl. The summed E-state index contributed by atoms with van der Waals surface area (Å²) in [7, 11) is 2.92. The van der Waals surface area contributed by atoms with Gasteiger partial charge in [-0.25, -0.2) is 4.98 Å². The molecule has 0 aliphatic carbocycles. The van der Waals surface area contributed by atoms with Crippen molar-refractivity contribution in [3.8, 4) is 27.7 Å². The summed E-state index contributed by atoms with van der Waals surface area (Å²) in [4.78, 5) is 36.5. The Hall–Kier alpha value is -3.73. The van der Waals surface area contributed by atoms with Gasteiger partial charge in [-0.2, -0.15) is 4.39 Å². The number of thiophene rings is 1. The molecule has 0 aliphatic rings. The maximum Gasteiger partial charge on any atom is 0.257 e. The standard InChI is InChI=1S/C28H28ClFN4O4S/c1-16(2)34(28(36)25(38-4)18-10-11-20(37-3)19(29)14-18)15-23(35)31-27-24(17-8-6-5-7-9-17)32-26(33-27)21-12-13-22(30)39-21/h5-14,16,25H,15H2,1-4H3,(H,31,35)(H,32,33). The smallest absolute Gasteiger partial charge is 0.257 e. The molecule has 0 saturated carbocycles. The Morgan fingerprint density at radius 1 is 1.13 bits per heavy atom. The summed E-state index contributed by atoms with van der Waals surface area (Å²) in [6.45, 7) is 3.38. The zero-order valence-electron chi connectivity index (χ0n) is 21.8. The maximum atomic E-state index is 13.7. The van der Waals surface area contributed by atoms with Crippen LogP contribution in [0.25, 0.3) is 22.0 Å². The Bertz CT molecular complexity index is 1460. The topological polar surface area (TPSA) is 96.6 Å². The summed E-state index contributed by atoms with van der Waals surface area (Å²) >= 11 is 7.21. The lowest BCUT2D eigenvalue weighted by molar-refractivity contribution is -0.146. The number of hydrogen-bond acceptors (Lipinski definition) is 6. The van der Waals surface area contributed by atoms with E-state index in [9.17, 15) is 14.0 Å². The van der Waals surface area contributed by atoms with Gasteiger partial charge in [-0.05, 0) is 43.7 Å². The molecule has 2 N–H and O–H groups in total. The number of rotatable bonds is 10. The zero-order valence-corrected chi connectivity index (χ0v) is 23.4. The molecule has 204 valence electrons. The molecule has 2 aromatic carbocycles. The minimum Gasteiger partial charge on any atom is -0.495 e. The average Bonchev–Trinajstić information content (AvgIpc) is 3.54. The van der Waals surface area contributed by atoms with E-state index in [4.69, 9.17) is 21.1 Å². The first kappa shape index (κ1) is 28.3. The van der Waals surface area contributed by atoms with Gasteiger partial charge in [0.15, 0.2) is 22.9 Å². The summed E-state index contributed by atoms with van der Waals surface area (Å²) in [6, 6.07) is 17.0. The van der Waals surface area contributed by atoms with Crippen molar-refractivity contribution in [1.82, 2.24) is 14.9 Å². The van der Waals surface area contributed by atoms with Crippen molar-refractivity contribution >= 4 is 40.6 Å². The lowest BCUT2D eigenvalue weighted by Gasteiger charge is -2.29. The summed E-state index contributed by atoms with van der Waals surface area (Å²) in [5.74, 6) is 0.318. The summed E-state index contributed by atoms with van der Waals surface area (Å²) in [6.07, 6.45) is -0.978. The molecule has 1 unspecified atom stereocenters. The summed E-state index contributed by atoms with van der Waals surface area (Å²) < 4.78 is 24.4. The molecule has 2 amide bonds. The number of carbonyl (C=O) groups excluding carboxylic acids is 2. The molecule has 11 heteroatoms. The number of ether oxygens (including phenoxy) is 2. The number of aromatic nitrogens is 2. The molecule has 0 aliphatic heterocycles. The van der Waals surface area contributed by atoms with Crippen LogP contribution in [-0.2, 0) is 14.3 Å². The third kappa shape index (κ3) is 6.47. The van der Waals surface area contributed by atoms with Crippen molar-refractivity contribution in [3.05, 3.63) is 76.4 Å². The Balaban J connectivity index is 1.58. The van der Waals surface area contributed by atoms with Crippen molar-refractivity contribution in [2.24, 2.45) is 0 Å². The number of imidazole rings is 1. The number of methoxy groups -OCH3 is 2. The van der Waals surface area contributed by atoms with Crippen LogP contribution in [0.5, 0.6) is 5.75 Å². The van der Waals surface area contributed by atoms with Gasteiger partial charge < -0.3 is 24.7 Å². The summed E-state index contributed by atoms with van der Waals surface area (Å²) in [5, 5.41) is 2.82.